The normalized spacial score (nSPS) is 12.9. The zero-order valence-corrected chi connectivity index (χ0v) is 17.8. The van der Waals surface area contributed by atoms with Gasteiger partial charge in [0.2, 0.25) is 0 Å². The molecule has 4 aromatic rings. The van der Waals surface area contributed by atoms with Crippen LogP contribution in [0.4, 0.5) is 0 Å². The molecule has 0 radical (unpaired) electrons. The number of halogens is 1. The summed E-state index contributed by atoms with van der Waals surface area (Å²) >= 11 is 6.20. The summed E-state index contributed by atoms with van der Waals surface area (Å²) < 4.78 is 7.93. The van der Waals surface area contributed by atoms with E-state index in [1.165, 1.54) is 44.6 Å². The molecule has 1 aliphatic carbocycles. The van der Waals surface area contributed by atoms with Crippen LogP contribution in [-0.2, 0) is 12.8 Å². The molecule has 0 saturated heterocycles. The van der Waals surface area contributed by atoms with Crippen LogP contribution in [0.3, 0.4) is 0 Å². The Balaban J connectivity index is 1.92. The quantitative estimate of drug-likeness (QED) is 0.355. The predicted octanol–water partition coefficient (Wildman–Crippen LogP) is 7.16. The van der Waals surface area contributed by atoms with Crippen molar-refractivity contribution in [2.24, 2.45) is 0 Å². The number of benzene rings is 2. The zero-order chi connectivity index (χ0) is 20.1. The van der Waals surface area contributed by atoms with E-state index in [4.69, 9.17) is 16.3 Å². The highest BCUT2D eigenvalue weighted by molar-refractivity contribution is 6.30. The Hall–Kier alpha value is -2.71. The average Bonchev–Trinajstić information content (AvgIpc) is 3.21. The summed E-state index contributed by atoms with van der Waals surface area (Å²) in [4.78, 5) is 0. The average molecular weight is 402 g/mol. The first-order chi connectivity index (χ1) is 14.1. The summed E-state index contributed by atoms with van der Waals surface area (Å²) in [6.45, 7) is 4.56. The van der Waals surface area contributed by atoms with Gasteiger partial charge < -0.3 is 9.14 Å². The van der Waals surface area contributed by atoms with Gasteiger partial charge in [-0.3, -0.25) is 0 Å². The summed E-state index contributed by atoms with van der Waals surface area (Å²) in [5, 5.41) is 0.769. The Bertz CT molecular complexity index is 1220. The zero-order valence-electron chi connectivity index (χ0n) is 17.0. The molecule has 3 heteroatoms. The first-order valence-corrected chi connectivity index (χ1v) is 10.5. The van der Waals surface area contributed by atoms with Gasteiger partial charge in [0, 0.05) is 28.0 Å². The lowest BCUT2D eigenvalue weighted by molar-refractivity contribution is 0.415. The van der Waals surface area contributed by atoms with Crippen LogP contribution in [0.1, 0.15) is 36.6 Å². The molecular weight excluding hydrogens is 378 g/mol. The Morgan fingerprint density at radius 3 is 2.48 bits per heavy atom. The first-order valence-electron chi connectivity index (χ1n) is 10.2. The molecule has 0 saturated carbocycles. The molecule has 0 unspecified atom stereocenters. The van der Waals surface area contributed by atoms with Crippen molar-refractivity contribution in [1.29, 1.82) is 0 Å². The molecule has 0 atom stereocenters. The molecule has 0 N–H and O–H groups in total. The van der Waals surface area contributed by atoms with Gasteiger partial charge in [0.1, 0.15) is 5.75 Å². The van der Waals surface area contributed by atoms with Gasteiger partial charge in [-0.15, -0.1) is 0 Å². The third kappa shape index (κ3) is 2.86. The van der Waals surface area contributed by atoms with Gasteiger partial charge in [-0.25, -0.2) is 0 Å². The van der Waals surface area contributed by atoms with E-state index in [0.717, 1.165) is 23.6 Å². The van der Waals surface area contributed by atoms with Crippen molar-refractivity contribution >= 4 is 17.1 Å². The monoisotopic (exact) mass is 401 g/mol. The van der Waals surface area contributed by atoms with Gasteiger partial charge in [0.25, 0.3) is 0 Å². The molecule has 29 heavy (non-hydrogen) atoms. The van der Waals surface area contributed by atoms with Gasteiger partial charge in [0.15, 0.2) is 0 Å². The van der Waals surface area contributed by atoms with Crippen molar-refractivity contribution in [2.75, 3.05) is 7.11 Å². The number of methoxy groups -OCH3 is 1. The lowest BCUT2D eigenvalue weighted by Crippen LogP contribution is -2.12. The molecule has 5 rings (SSSR count). The molecule has 0 spiro atoms. The van der Waals surface area contributed by atoms with E-state index in [1.54, 1.807) is 7.11 Å². The van der Waals surface area contributed by atoms with Crippen LogP contribution in [0.2, 0.25) is 5.02 Å². The summed E-state index contributed by atoms with van der Waals surface area (Å²) in [7, 11) is 1.74. The van der Waals surface area contributed by atoms with E-state index >= 15 is 0 Å². The summed E-state index contributed by atoms with van der Waals surface area (Å²) in [5.41, 5.74) is 10.7. The summed E-state index contributed by atoms with van der Waals surface area (Å²) in [6, 6.07) is 19.2. The standard InChI is InChI=1S/C26H24ClNO/c1-16(2)26-24(18-6-10-19(27)11-7-18)21-13-9-17-8-12-20(29-3)15-22(17)25(21)23-5-4-14-28(23)26/h4-8,10-12,14-16H,9,13H2,1-3H3. The Morgan fingerprint density at radius 1 is 0.966 bits per heavy atom. The van der Waals surface area contributed by atoms with Crippen molar-refractivity contribution in [3.8, 4) is 28.0 Å². The third-order valence-corrected chi connectivity index (χ3v) is 6.29. The second-order valence-electron chi connectivity index (χ2n) is 8.06. The molecule has 0 aliphatic heterocycles. The lowest BCUT2D eigenvalue weighted by atomic mass is 9.80. The van der Waals surface area contributed by atoms with Crippen LogP contribution in [0, 0.1) is 0 Å². The molecule has 2 heterocycles. The number of nitrogens with zero attached hydrogens (tertiary/aromatic N) is 1. The molecule has 146 valence electrons. The number of fused-ring (bicyclic) bond motifs is 5. The SMILES string of the molecule is COc1ccc2c(c1)-c1c(c(-c3ccc(Cl)cc3)c(C(C)C)n3cccc13)CC2. The van der Waals surface area contributed by atoms with Crippen molar-refractivity contribution in [3.05, 3.63) is 82.6 Å². The maximum absolute atomic E-state index is 6.20. The second kappa shape index (κ2) is 6.96. The number of rotatable bonds is 3. The smallest absolute Gasteiger partial charge is 0.119 e. The lowest BCUT2D eigenvalue weighted by Gasteiger charge is -2.28. The van der Waals surface area contributed by atoms with E-state index in [2.05, 4.69) is 66.9 Å². The van der Waals surface area contributed by atoms with Gasteiger partial charge >= 0.3 is 0 Å². The number of hydrogen-bond donors (Lipinski definition) is 0. The molecule has 2 aromatic carbocycles. The van der Waals surface area contributed by atoms with Crippen LogP contribution in [0.25, 0.3) is 27.8 Å². The Morgan fingerprint density at radius 2 is 1.76 bits per heavy atom. The van der Waals surface area contributed by atoms with Crippen molar-refractivity contribution in [1.82, 2.24) is 4.40 Å². The van der Waals surface area contributed by atoms with Crippen LogP contribution in [0.15, 0.2) is 60.8 Å². The minimum atomic E-state index is 0.396. The number of ether oxygens (including phenoxy) is 1. The highest BCUT2D eigenvalue weighted by Crippen LogP contribution is 2.46. The summed E-state index contributed by atoms with van der Waals surface area (Å²) in [6.07, 6.45) is 4.27. The van der Waals surface area contributed by atoms with Gasteiger partial charge in [-0.1, -0.05) is 43.6 Å². The fourth-order valence-corrected chi connectivity index (χ4v) is 4.92. The predicted molar refractivity (Wildman–Crippen MR) is 121 cm³/mol. The highest BCUT2D eigenvalue weighted by atomic mass is 35.5. The van der Waals surface area contributed by atoms with Crippen molar-refractivity contribution < 1.29 is 4.74 Å². The van der Waals surface area contributed by atoms with Gasteiger partial charge in [-0.05, 0) is 77.4 Å². The van der Waals surface area contributed by atoms with Crippen LogP contribution in [-0.4, -0.2) is 11.5 Å². The Kier molecular flexibility index (Phi) is 4.40. The molecular formula is C26H24ClNO. The van der Waals surface area contributed by atoms with E-state index in [-0.39, 0.29) is 0 Å². The van der Waals surface area contributed by atoms with Gasteiger partial charge in [0.05, 0.1) is 12.6 Å². The van der Waals surface area contributed by atoms with Crippen molar-refractivity contribution in [2.45, 2.75) is 32.6 Å². The molecule has 1 aliphatic rings. The molecule has 0 amide bonds. The van der Waals surface area contributed by atoms with E-state index in [1.807, 2.05) is 12.1 Å². The van der Waals surface area contributed by atoms with Crippen molar-refractivity contribution in [3.63, 3.8) is 0 Å². The summed E-state index contributed by atoms with van der Waals surface area (Å²) in [5.74, 6) is 1.30. The Labute approximate surface area is 176 Å². The number of aromatic nitrogens is 1. The number of pyridine rings is 1. The topological polar surface area (TPSA) is 13.6 Å². The van der Waals surface area contributed by atoms with Crippen LogP contribution < -0.4 is 4.74 Å². The maximum Gasteiger partial charge on any atom is 0.119 e. The van der Waals surface area contributed by atoms with Crippen LogP contribution >= 0.6 is 11.6 Å². The van der Waals surface area contributed by atoms with Gasteiger partial charge in [-0.2, -0.15) is 0 Å². The fourth-order valence-electron chi connectivity index (χ4n) is 4.80. The van der Waals surface area contributed by atoms with E-state index in [0.29, 0.717) is 5.92 Å². The number of aryl methyl sites for hydroxylation is 1. The molecule has 2 aromatic heterocycles. The van der Waals surface area contributed by atoms with Crippen LogP contribution in [0.5, 0.6) is 5.75 Å². The number of hydrogen-bond acceptors (Lipinski definition) is 1. The van der Waals surface area contributed by atoms with E-state index < -0.39 is 0 Å². The first kappa shape index (κ1) is 18.3. The minimum absolute atomic E-state index is 0.396. The minimum Gasteiger partial charge on any atom is -0.497 e. The third-order valence-electron chi connectivity index (χ3n) is 6.03. The molecule has 2 nitrogen and oxygen atoms in total. The fraction of sp³-hybridized carbons (Fsp3) is 0.231. The van der Waals surface area contributed by atoms with E-state index in [9.17, 15) is 0 Å². The largest absolute Gasteiger partial charge is 0.497 e. The molecule has 0 fully saturated rings. The highest BCUT2D eigenvalue weighted by Gasteiger charge is 2.27. The molecule has 0 bridgehead atoms. The second-order valence-corrected chi connectivity index (χ2v) is 8.50. The maximum atomic E-state index is 6.20.